The number of hydrogen-bond donors (Lipinski definition) is 3. The van der Waals surface area contributed by atoms with Crippen LogP contribution in [0.2, 0.25) is 0 Å². The van der Waals surface area contributed by atoms with Crippen LogP contribution >= 0.6 is 0 Å². The Morgan fingerprint density at radius 3 is 2.62 bits per heavy atom. The fourth-order valence-electron chi connectivity index (χ4n) is 1.70. The normalized spacial score (nSPS) is 12.8. The molecule has 3 nitrogen and oxygen atoms in total. The van der Waals surface area contributed by atoms with Crippen LogP contribution in [0.25, 0.3) is 0 Å². The van der Waals surface area contributed by atoms with Gasteiger partial charge in [-0.25, -0.2) is 0 Å². The average molecular weight is 222 g/mol. The van der Waals surface area contributed by atoms with Crippen LogP contribution in [0.15, 0.2) is 18.2 Å². The van der Waals surface area contributed by atoms with Crippen molar-refractivity contribution in [1.29, 1.82) is 0 Å². The summed E-state index contributed by atoms with van der Waals surface area (Å²) in [5.41, 5.74) is 8.64. The van der Waals surface area contributed by atoms with E-state index in [1.54, 1.807) is 0 Å². The minimum absolute atomic E-state index is 0.319. The zero-order valence-corrected chi connectivity index (χ0v) is 10.3. The Hall–Kier alpha value is -1.22. The molecule has 0 radical (unpaired) electrons. The van der Waals surface area contributed by atoms with Crippen LogP contribution in [0.4, 0.5) is 11.4 Å². The molecule has 0 aromatic heterocycles. The van der Waals surface area contributed by atoms with Crippen molar-refractivity contribution in [2.24, 2.45) is 5.92 Å². The molecule has 0 aliphatic rings. The molecule has 0 bridgehead atoms. The van der Waals surface area contributed by atoms with E-state index < -0.39 is 0 Å². The number of anilines is 2. The molecule has 4 N–H and O–H groups in total. The van der Waals surface area contributed by atoms with Crippen molar-refractivity contribution in [3.63, 3.8) is 0 Å². The van der Waals surface area contributed by atoms with Crippen LogP contribution in [0.5, 0.6) is 0 Å². The fourth-order valence-corrected chi connectivity index (χ4v) is 1.70. The maximum Gasteiger partial charge on any atom is 0.0715 e. The molecule has 1 atom stereocenters. The highest BCUT2D eigenvalue weighted by Crippen LogP contribution is 2.19. The number of aliphatic hydroxyl groups excluding tert-OH is 1. The Bertz CT molecular complexity index is 337. The largest absolute Gasteiger partial charge is 0.397 e. The first kappa shape index (κ1) is 12.8. The van der Waals surface area contributed by atoms with Gasteiger partial charge in [-0.1, -0.05) is 19.9 Å². The molecule has 0 heterocycles. The Kier molecular flexibility index (Phi) is 4.62. The molecule has 90 valence electrons. The van der Waals surface area contributed by atoms with Crippen LogP contribution < -0.4 is 11.1 Å². The van der Waals surface area contributed by atoms with E-state index in [2.05, 4.69) is 19.2 Å². The van der Waals surface area contributed by atoms with Gasteiger partial charge in [-0.2, -0.15) is 0 Å². The maximum atomic E-state index is 9.72. The molecule has 0 aliphatic heterocycles. The first-order valence-electron chi connectivity index (χ1n) is 5.77. The highest BCUT2D eigenvalue weighted by Gasteiger charge is 2.07. The summed E-state index contributed by atoms with van der Waals surface area (Å²) in [6, 6.07) is 5.89. The fraction of sp³-hybridized carbons (Fsp3) is 0.538. The Labute approximate surface area is 97.7 Å². The van der Waals surface area contributed by atoms with Crippen LogP contribution in [0, 0.1) is 12.8 Å². The maximum absolute atomic E-state index is 9.72. The van der Waals surface area contributed by atoms with Crippen molar-refractivity contribution < 1.29 is 5.11 Å². The van der Waals surface area contributed by atoms with E-state index in [0.29, 0.717) is 12.5 Å². The summed E-state index contributed by atoms with van der Waals surface area (Å²) in [4.78, 5) is 0. The summed E-state index contributed by atoms with van der Waals surface area (Å²) in [5.74, 6) is 0.507. The lowest BCUT2D eigenvalue weighted by atomic mass is 10.1. The predicted octanol–water partition coefficient (Wildman–Crippen LogP) is 2.40. The lowest BCUT2D eigenvalue weighted by Crippen LogP contribution is -2.21. The lowest BCUT2D eigenvalue weighted by Gasteiger charge is -2.16. The molecule has 1 unspecified atom stereocenters. The monoisotopic (exact) mass is 222 g/mol. The molecule has 0 aliphatic carbocycles. The van der Waals surface area contributed by atoms with Gasteiger partial charge in [0.1, 0.15) is 0 Å². The standard InChI is InChI=1S/C13H22N2O/c1-9(2)6-11(16)8-15-13-5-4-10(3)7-12(13)14/h4-5,7,9,11,15-16H,6,8,14H2,1-3H3. The summed E-state index contributed by atoms with van der Waals surface area (Å²) in [6.07, 6.45) is 0.486. The van der Waals surface area contributed by atoms with E-state index in [4.69, 9.17) is 5.73 Å². The molecular formula is C13H22N2O. The number of benzene rings is 1. The van der Waals surface area contributed by atoms with Crippen molar-refractivity contribution in [3.05, 3.63) is 23.8 Å². The molecule has 0 saturated heterocycles. The third kappa shape index (κ3) is 4.11. The van der Waals surface area contributed by atoms with Gasteiger partial charge in [0, 0.05) is 6.54 Å². The van der Waals surface area contributed by atoms with Gasteiger partial charge in [-0.05, 0) is 37.0 Å². The summed E-state index contributed by atoms with van der Waals surface area (Å²) in [5, 5.41) is 12.9. The molecule has 16 heavy (non-hydrogen) atoms. The molecular weight excluding hydrogens is 200 g/mol. The second-order valence-corrected chi connectivity index (χ2v) is 4.75. The summed E-state index contributed by atoms with van der Waals surface area (Å²) < 4.78 is 0. The zero-order valence-electron chi connectivity index (χ0n) is 10.3. The van der Waals surface area contributed by atoms with Gasteiger partial charge in [0.2, 0.25) is 0 Å². The van der Waals surface area contributed by atoms with E-state index in [1.165, 1.54) is 0 Å². The van der Waals surface area contributed by atoms with Crippen LogP contribution in [-0.2, 0) is 0 Å². The molecule has 1 aromatic carbocycles. The van der Waals surface area contributed by atoms with E-state index in [1.807, 2.05) is 25.1 Å². The topological polar surface area (TPSA) is 58.3 Å². The number of nitrogens with one attached hydrogen (secondary N) is 1. The molecule has 0 saturated carbocycles. The minimum Gasteiger partial charge on any atom is -0.397 e. The Morgan fingerprint density at radius 2 is 2.06 bits per heavy atom. The number of aryl methyl sites for hydroxylation is 1. The number of nitrogen functional groups attached to an aromatic ring is 1. The van der Waals surface area contributed by atoms with E-state index in [-0.39, 0.29) is 6.10 Å². The Balaban J connectivity index is 2.48. The van der Waals surface area contributed by atoms with Crippen molar-refractivity contribution in [3.8, 4) is 0 Å². The number of nitrogens with two attached hydrogens (primary N) is 1. The number of rotatable bonds is 5. The highest BCUT2D eigenvalue weighted by atomic mass is 16.3. The van der Waals surface area contributed by atoms with Crippen LogP contribution in [0.3, 0.4) is 0 Å². The van der Waals surface area contributed by atoms with Gasteiger partial charge < -0.3 is 16.2 Å². The van der Waals surface area contributed by atoms with Gasteiger partial charge >= 0.3 is 0 Å². The predicted molar refractivity (Wildman–Crippen MR) is 69.5 cm³/mol. The lowest BCUT2D eigenvalue weighted by molar-refractivity contribution is 0.161. The Morgan fingerprint density at radius 1 is 1.38 bits per heavy atom. The van der Waals surface area contributed by atoms with E-state index >= 15 is 0 Å². The SMILES string of the molecule is Cc1ccc(NCC(O)CC(C)C)c(N)c1. The van der Waals surface area contributed by atoms with Gasteiger partial charge in [-0.15, -0.1) is 0 Å². The third-order valence-electron chi connectivity index (χ3n) is 2.48. The number of aliphatic hydroxyl groups is 1. The van der Waals surface area contributed by atoms with E-state index in [0.717, 1.165) is 23.4 Å². The quantitative estimate of drug-likeness (QED) is 0.670. The molecule has 1 rings (SSSR count). The smallest absolute Gasteiger partial charge is 0.0715 e. The second kappa shape index (κ2) is 5.75. The van der Waals surface area contributed by atoms with Gasteiger partial charge in [0.15, 0.2) is 0 Å². The van der Waals surface area contributed by atoms with Crippen LogP contribution in [0.1, 0.15) is 25.8 Å². The average Bonchev–Trinajstić information content (AvgIpc) is 2.15. The summed E-state index contributed by atoms with van der Waals surface area (Å²) in [7, 11) is 0. The van der Waals surface area contributed by atoms with Crippen molar-refractivity contribution in [1.82, 2.24) is 0 Å². The van der Waals surface area contributed by atoms with Crippen LogP contribution in [-0.4, -0.2) is 17.8 Å². The molecule has 0 spiro atoms. The molecule has 0 amide bonds. The van der Waals surface area contributed by atoms with Gasteiger partial charge in [-0.3, -0.25) is 0 Å². The highest BCUT2D eigenvalue weighted by molar-refractivity contribution is 5.66. The van der Waals surface area contributed by atoms with Crippen molar-refractivity contribution in [2.75, 3.05) is 17.6 Å². The van der Waals surface area contributed by atoms with Crippen molar-refractivity contribution >= 4 is 11.4 Å². The second-order valence-electron chi connectivity index (χ2n) is 4.75. The first-order valence-corrected chi connectivity index (χ1v) is 5.77. The molecule has 3 heteroatoms. The molecule has 0 fully saturated rings. The van der Waals surface area contributed by atoms with Gasteiger partial charge in [0.25, 0.3) is 0 Å². The van der Waals surface area contributed by atoms with Gasteiger partial charge in [0.05, 0.1) is 17.5 Å². The minimum atomic E-state index is -0.319. The summed E-state index contributed by atoms with van der Waals surface area (Å²) >= 11 is 0. The summed E-state index contributed by atoms with van der Waals surface area (Å²) in [6.45, 7) is 6.76. The van der Waals surface area contributed by atoms with Crippen molar-refractivity contribution in [2.45, 2.75) is 33.3 Å². The van der Waals surface area contributed by atoms with E-state index in [9.17, 15) is 5.11 Å². The number of hydrogen-bond acceptors (Lipinski definition) is 3. The third-order valence-corrected chi connectivity index (χ3v) is 2.48. The zero-order chi connectivity index (χ0) is 12.1. The molecule has 1 aromatic rings. The first-order chi connectivity index (χ1) is 7.49.